The largest absolute Gasteiger partial charge is 0.484 e. The lowest BCUT2D eigenvalue weighted by molar-refractivity contribution is -0.123. The summed E-state index contributed by atoms with van der Waals surface area (Å²) in [5.74, 6) is 1.70. The van der Waals surface area contributed by atoms with Crippen molar-refractivity contribution in [2.45, 2.75) is 33.1 Å². The second-order valence-corrected chi connectivity index (χ2v) is 6.30. The molecule has 23 heavy (non-hydrogen) atoms. The number of furan rings is 1. The first-order valence-electron chi connectivity index (χ1n) is 7.46. The van der Waals surface area contributed by atoms with Crippen molar-refractivity contribution < 1.29 is 13.9 Å². The molecule has 122 valence electrons. The van der Waals surface area contributed by atoms with Crippen molar-refractivity contribution in [3.63, 3.8) is 0 Å². The highest BCUT2D eigenvalue weighted by Gasteiger charge is 2.13. The Bertz CT molecular complexity index is 679. The van der Waals surface area contributed by atoms with Crippen LogP contribution in [0.15, 0.2) is 45.9 Å². The summed E-state index contributed by atoms with van der Waals surface area (Å²) in [5, 5.41) is 3.82. The summed E-state index contributed by atoms with van der Waals surface area (Å²) < 4.78 is 10.7. The van der Waals surface area contributed by atoms with Crippen molar-refractivity contribution in [2.75, 3.05) is 6.61 Å². The van der Waals surface area contributed by atoms with Crippen LogP contribution in [0.5, 0.6) is 5.75 Å². The van der Waals surface area contributed by atoms with Crippen molar-refractivity contribution >= 4 is 12.1 Å². The van der Waals surface area contributed by atoms with E-state index in [2.05, 4.69) is 31.3 Å². The van der Waals surface area contributed by atoms with E-state index in [1.807, 2.05) is 37.3 Å². The summed E-state index contributed by atoms with van der Waals surface area (Å²) in [7, 11) is 0. The van der Waals surface area contributed by atoms with Gasteiger partial charge in [-0.05, 0) is 42.2 Å². The zero-order valence-corrected chi connectivity index (χ0v) is 13.9. The third-order valence-corrected chi connectivity index (χ3v) is 3.23. The van der Waals surface area contributed by atoms with Crippen LogP contribution in [-0.4, -0.2) is 18.7 Å². The van der Waals surface area contributed by atoms with Crippen LogP contribution in [0.25, 0.3) is 0 Å². The van der Waals surface area contributed by atoms with Gasteiger partial charge in [0.15, 0.2) is 6.61 Å². The molecule has 0 atom stereocenters. The summed E-state index contributed by atoms with van der Waals surface area (Å²) in [5.41, 5.74) is 3.70. The van der Waals surface area contributed by atoms with Crippen LogP contribution in [0, 0.1) is 6.92 Å². The fourth-order valence-corrected chi connectivity index (χ4v) is 1.92. The average Bonchev–Trinajstić information content (AvgIpc) is 2.90. The highest BCUT2D eigenvalue weighted by atomic mass is 16.5. The zero-order chi connectivity index (χ0) is 16.9. The highest BCUT2D eigenvalue weighted by molar-refractivity contribution is 5.81. The lowest BCUT2D eigenvalue weighted by Crippen LogP contribution is -2.24. The molecule has 5 nitrogen and oxygen atoms in total. The number of hydrazone groups is 1. The molecular weight excluding hydrogens is 292 g/mol. The molecule has 0 bridgehead atoms. The van der Waals surface area contributed by atoms with Gasteiger partial charge in [0.05, 0.1) is 6.21 Å². The van der Waals surface area contributed by atoms with Crippen LogP contribution >= 0.6 is 0 Å². The Morgan fingerprint density at radius 1 is 1.22 bits per heavy atom. The minimum Gasteiger partial charge on any atom is -0.484 e. The fourth-order valence-electron chi connectivity index (χ4n) is 1.92. The van der Waals surface area contributed by atoms with Gasteiger partial charge < -0.3 is 9.15 Å². The predicted octanol–water partition coefficient (Wildman–Crippen LogP) is 3.41. The van der Waals surface area contributed by atoms with E-state index < -0.39 is 0 Å². The van der Waals surface area contributed by atoms with E-state index in [9.17, 15) is 4.79 Å². The maximum Gasteiger partial charge on any atom is 0.277 e. The molecule has 0 aliphatic heterocycles. The molecule has 0 radical (unpaired) electrons. The van der Waals surface area contributed by atoms with Gasteiger partial charge in [-0.25, -0.2) is 5.43 Å². The first kappa shape index (κ1) is 16.8. The smallest absolute Gasteiger partial charge is 0.277 e. The van der Waals surface area contributed by atoms with Crippen molar-refractivity contribution in [1.82, 2.24) is 5.43 Å². The van der Waals surface area contributed by atoms with Crippen LogP contribution in [0.1, 0.15) is 37.9 Å². The van der Waals surface area contributed by atoms with E-state index >= 15 is 0 Å². The van der Waals surface area contributed by atoms with E-state index in [0.717, 1.165) is 5.76 Å². The van der Waals surface area contributed by atoms with E-state index in [-0.39, 0.29) is 17.9 Å². The highest BCUT2D eigenvalue weighted by Crippen LogP contribution is 2.24. The standard InChI is InChI=1S/C18H22N2O3/c1-13-5-8-16(23-13)11-19-20-17(21)12-22-15-9-6-14(7-10-15)18(2,3)4/h5-11H,12H2,1-4H3,(H,20,21)/b19-11+. The quantitative estimate of drug-likeness (QED) is 0.679. The molecule has 1 amide bonds. The van der Waals surface area contributed by atoms with Gasteiger partial charge in [0, 0.05) is 0 Å². The molecule has 0 spiro atoms. The van der Waals surface area contributed by atoms with Crippen molar-refractivity contribution in [3.8, 4) is 5.75 Å². The van der Waals surface area contributed by atoms with E-state index in [1.54, 1.807) is 6.07 Å². The number of nitrogens with zero attached hydrogens (tertiary/aromatic N) is 1. The van der Waals surface area contributed by atoms with Crippen LogP contribution in [0.2, 0.25) is 0 Å². The first-order valence-corrected chi connectivity index (χ1v) is 7.46. The summed E-state index contributed by atoms with van der Waals surface area (Å²) in [6, 6.07) is 11.3. The molecule has 0 saturated carbocycles. The molecule has 2 rings (SSSR count). The molecule has 0 unspecified atom stereocenters. The Balaban J connectivity index is 1.79. The number of hydrogen-bond donors (Lipinski definition) is 1. The Labute approximate surface area is 136 Å². The summed E-state index contributed by atoms with van der Waals surface area (Å²) in [6.45, 7) is 8.19. The third-order valence-electron chi connectivity index (χ3n) is 3.23. The molecule has 0 fully saturated rings. The average molecular weight is 314 g/mol. The Morgan fingerprint density at radius 2 is 1.91 bits per heavy atom. The van der Waals surface area contributed by atoms with Crippen molar-refractivity contribution in [3.05, 3.63) is 53.5 Å². The molecule has 0 aliphatic carbocycles. The van der Waals surface area contributed by atoms with Gasteiger partial charge >= 0.3 is 0 Å². The minimum absolute atomic E-state index is 0.0921. The van der Waals surface area contributed by atoms with Crippen LogP contribution in [0.3, 0.4) is 0 Å². The van der Waals surface area contributed by atoms with Crippen LogP contribution in [-0.2, 0) is 10.2 Å². The SMILES string of the molecule is Cc1ccc(/C=N/NC(=O)COc2ccc(C(C)(C)C)cc2)o1. The molecule has 0 aliphatic rings. The molecule has 0 saturated heterocycles. The molecule has 2 aromatic rings. The second kappa shape index (κ2) is 7.13. The number of carbonyl (C=O) groups excluding carboxylic acids is 1. The molecule has 5 heteroatoms. The maximum atomic E-state index is 11.7. The monoisotopic (exact) mass is 314 g/mol. The zero-order valence-electron chi connectivity index (χ0n) is 13.9. The number of nitrogens with one attached hydrogen (secondary N) is 1. The molecule has 1 heterocycles. The number of benzene rings is 1. The molecule has 1 aromatic carbocycles. The number of hydrogen-bond acceptors (Lipinski definition) is 4. The number of aryl methyl sites for hydroxylation is 1. The van der Waals surface area contributed by atoms with Gasteiger partial charge in [-0.1, -0.05) is 32.9 Å². The minimum atomic E-state index is -0.329. The maximum absolute atomic E-state index is 11.7. The number of carbonyl (C=O) groups is 1. The third kappa shape index (κ3) is 5.29. The molecular formula is C18H22N2O3. The van der Waals surface area contributed by atoms with Crippen molar-refractivity contribution in [2.24, 2.45) is 5.10 Å². The summed E-state index contributed by atoms with van der Waals surface area (Å²) >= 11 is 0. The van der Waals surface area contributed by atoms with Gasteiger partial charge in [-0.15, -0.1) is 0 Å². The normalized spacial score (nSPS) is 11.7. The predicted molar refractivity (Wildman–Crippen MR) is 89.8 cm³/mol. The Hall–Kier alpha value is -2.56. The van der Waals surface area contributed by atoms with Gasteiger partial charge in [-0.2, -0.15) is 5.10 Å². The topological polar surface area (TPSA) is 63.8 Å². The first-order chi connectivity index (χ1) is 10.8. The van der Waals surface area contributed by atoms with Gasteiger partial charge in [-0.3, -0.25) is 4.79 Å². The van der Waals surface area contributed by atoms with Gasteiger partial charge in [0.25, 0.3) is 5.91 Å². The van der Waals surface area contributed by atoms with Gasteiger partial charge in [0.2, 0.25) is 0 Å². The summed E-state index contributed by atoms with van der Waals surface area (Å²) in [6.07, 6.45) is 1.45. The van der Waals surface area contributed by atoms with Gasteiger partial charge in [0.1, 0.15) is 17.3 Å². The Kier molecular flexibility index (Phi) is 5.21. The Morgan fingerprint density at radius 3 is 2.48 bits per heavy atom. The second-order valence-electron chi connectivity index (χ2n) is 6.30. The van der Waals surface area contributed by atoms with Crippen LogP contribution in [0.4, 0.5) is 0 Å². The van der Waals surface area contributed by atoms with Crippen molar-refractivity contribution in [1.29, 1.82) is 0 Å². The summed E-state index contributed by atoms with van der Waals surface area (Å²) in [4.78, 5) is 11.7. The van der Waals surface area contributed by atoms with E-state index in [1.165, 1.54) is 11.8 Å². The fraction of sp³-hybridized carbons (Fsp3) is 0.333. The molecule has 1 N–H and O–H groups in total. The number of rotatable bonds is 5. The van der Waals surface area contributed by atoms with E-state index in [4.69, 9.17) is 9.15 Å². The number of ether oxygens (including phenoxy) is 1. The lowest BCUT2D eigenvalue weighted by Gasteiger charge is -2.19. The van der Waals surface area contributed by atoms with Crippen LogP contribution < -0.4 is 10.2 Å². The molecule has 1 aromatic heterocycles. The lowest BCUT2D eigenvalue weighted by atomic mass is 9.87. The van der Waals surface area contributed by atoms with E-state index in [0.29, 0.717) is 11.5 Å². The number of amides is 1.